The summed E-state index contributed by atoms with van der Waals surface area (Å²) in [6, 6.07) is 8.21. The maximum atomic E-state index is 9.23. The molecule has 18 heavy (non-hydrogen) atoms. The van der Waals surface area contributed by atoms with Gasteiger partial charge in [-0.05, 0) is 38.1 Å². The van der Waals surface area contributed by atoms with Gasteiger partial charge < -0.3 is 15.3 Å². The molecular weight excluding hydrogens is 226 g/mol. The fraction of sp³-hybridized carbons (Fsp3) is 0.500. The first-order valence-corrected chi connectivity index (χ1v) is 6.30. The minimum atomic E-state index is 0.177. The summed E-state index contributed by atoms with van der Waals surface area (Å²) in [5, 5.41) is 21.2. The third-order valence-electron chi connectivity index (χ3n) is 2.87. The van der Waals surface area contributed by atoms with E-state index in [1.54, 1.807) is 0 Å². The molecule has 0 aliphatic heterocycles. The van der Waals surface area contributed by atoms with Gasteiger partial charge in [0.05, 0.1) is 11.3 Å². The number of hydrogen-bond donors (Lipinski definition) is 2. The molecule has 0 saturated heterocycles. The van der Waals surface area contributed by atoms with Gasteiger partial charge in [-0.25, -0.2) is 0 Å². The average molecular weight is 247 g/mol. The Morgan fingerprint density at radius 2 is 2.22 bits per heavy atom. The van der Waals surface area contributed by atoms with Crippen molar-refractivity contribution in [1.82, 2.24) is 5.32 Å². The van der Waals surface area contributed by atoms with Crippen LogP contribution in [0.15, 0.2) is 18.2 Å². The van der Waals surface area contributed by atoms with Crippen molar-refractivity contribution in [3.63, 3.8) is 0 Å². The van der Waals surface area contributed by atoms with Crippen molar-refractivity contribution in [2.45, 2.75) is 19.9 Å². The Morgan fingerprint density at radius 3 is 2.78 bits per heavy atom. The van der Waals surface area contributed by atoms with Gasteiger partial charge in [-0.2, -0.15) is 5.26 Å². The van der Waals surface area contributed by atoms with Crippen LogP contribution >= 0.6 is 0 Å². The molecular formula is C14H21N3O. The van der Waals surface area contributed by atoms with E-state index >= 15 is 0 Å². The molecule has 0 unspecified atom stereocenters. The number of benzene rings is 1. The second-order valence-corrected chi connectivity index (χ2v) is 4.15. The summed E-state index contributed by atoms with van der Waals surface area (Å²) in [5.74, 6) is 0. The zero-order valence-electron chi connectivity index (χ0n) is 11.1. The monoisotopic (exact) mass is 247 g/mol. The number of aliphatic hydroxyl groups is 1. The lowest BCUT2D eigenvalue weighted by atomic mass is 10.1. The molecule has 0 atom stereocenters. The highest BCUT2D eigenvalue weighted by Gasteiger charge is 2.10. The third-order valence-corrected chi connectivity index (χ3v) is 2.87. The Kier molecular flexibility index (Phi) is 6.20. The van der Waals surface area contributed by atoms with Crippen LogP contribution in [0, 0.1) is 11.3 Å². The fourth-order valence-electron chi connectivity index (χ4n) is 1.97. The molecule has 0 radical (unpaired) electrons. The first-order chi connectivity index (χ1) is 8.76. The van der Waals surface area contributed by atoms with Crippen molar-refractivity contribution in [3.8, 4) is 6.07 Å². The van der Waals surface area contributed by atoms with E-state index in [0.29, 0.717) is 5.56 Å². The van der Waals surface area contributed by atoms with Crippen LogP contribution in [0.4, 0.5) is 5.69 Å². The quantitative estimate of drug-likeness (QED) is 0.766. The number of hydrogen-bond acceptors (Lipinski definition) is 4. The summed E-state index contributed by atoms with van der Waals surface area (Å²) in [6.45, 7) is 4.60. The van der Waals surface area contributed by atoms with Crippen LogP contribution in [-0.2, 0) is 6.54 Å². The summed E-state index contributed by atoms with van der Waals surface area (Å²) in [7, 11) is 1.89. The molecule has 0 heterocycles. The summed E-state index contributed by atoms with van der Waals surface area (Å²) >= 11 is 0. The predicted octanol–water partition coefficient (Wildman–Crippen LogP) is 1.49. The molecule has 0 aliphatic rings. The van der Waals surface area contributed by atoms with E-state index in [1.165, 1.54) is 0 Å². The average Bonchev–Trinajstić information content (AvgIpc) is 2.41. The number of nitrogens with zero attached hydrogens (tertiary/aromatic N) is 2. The molecule has 1 rings (SSSR count). The molecule has 4 heteroatoms. The van der Waals surface area contributed by atoms with Crippen molar-refractivity contribution >= 4 is 5.69 Å². The largest absolute Gasteiger partial charge is 0.396 e. The van der Waals surface area contributed by atoms with Gasteiger partial charge in [-0.3, -0.25) is 0 Å². The number of nitrogens with one attached hydrogen (secondary N) is 1. The first-order valence-electron chi connectivity index (χ1n) is 6.30. The Balaban J connectivity index is 2.96. The third kappa shape index (κ3) is 3.73. The first kappa shape index (κ1) is 14.5. The Morgan fingerprint density at radius 1 is 1.44 bits per heavy atom. The number of nitriles is 1. The zero-order valence-corrected chi connectivity index (χ0v) is 11.1. The van der Waals surface area contributed by atoms with Crippen molar-refractivity contribution in [1.29, 1.82) is 5.26 Å². The second kappa shape index (κ2) is 7.70. The van der Waals surface area contributed by atoms with Gasteiger partial charge in [0.2, 0.25) is 0 Å². The van der Waals surface area contributed by atoms with Crippen LogP contribution in [0.1, 0.15) is 24.5 Å². The van der Waals surface area contributed by atoms with Crippen LogP contribution in [0.3, 0.4) is 0 Å². The van der Waals surface area contributed by atoms with Gasteiger partial charge in [0, 0.05) is 26.2 Å². The minimum Gasteiger partial charge on any atom is -0.396 e. The molecule has 0 fully saturated rings. The fourth-order valence-corrected chi connectivity index (χ4v) is 1.97. The highest BCUT2D eigenvalue weighted by atomic mass is 16.3. The lowest BCUT2D eigenvalue weighted by Gasteiger charge is -2.24. The lowest BCUT2D eigenvalue weighted by Crippen LogP contribution is -2.25. The molecule has 0 saturated carbocycles. The summed E-state index contributed by atoms with van der Waals surface area (Å²) in [5.41, 5.74) is 2.76. The maximum absolute atomic E-state index is 9.23. The molecule has 2 N–H and O–H groups in total. The van der Waals surface area contributed by atoms with E-state index in [1.807, 2.05) is 25.2 Å². The highest BCUT2D eigenvalue weighted by Crippen LogP contribution is 2.21. The standard InChI is InChI=1S/C14H21N3O/c1-3-17(7-4-8-18)14-6-5-12(11-16-2)9-13(14)10-15/h5-6,9,16,18H,3-4,7-8,11H2,1-2H3. The lowest BCUT2D eigenvalue weighted by molar-refractivity contribution is 0.289. The van der Waals surface area contributed by atoms with E-state index in [9.17, 15) is 5.26 Å². The van der Waals surface area contributed by atoms with E-state index in [-0.39, 0.29) is 6.61 Å². The van der Waals surface area contributed by atoms with Gasteiger partial charge in [0.1, 0.15) is 6.07 Å². The normalized spacial score (nSPS) is 10.1. The molecule has 0 aliphatic carbocycles. The highest BCUT2D eigenvalue weighted by molar-refractivity contribution is 5.60. The molecule has 1 aromatic rings. The molecule has 1 aromatic carbocycles. The summed E-state index contributed by atoms with van der Waals surface area (Å²) in [6.07, 6.45) is 0.719. The predicted molar refractivity (Wildman–Crippen MR) is 73.5 cm³/mol. The topological polar surface area (TPSA) is 59.3 Å². The van der Waals surface area contributed by atoms with Crippen molar-refractivity contribution in [3.05, 3.63) is 29.3 Å². The van der Waals surface area contributed by atoms with Gasteiger partial charge in [0.15, 0.2) is 0 Å². The maximum Gasteiger partial charge on any atom is 0.101 e. The van der Waals surface area contributed by atoms with Crippen LogP contribution in [-0.4, -0.2) is 31.9 Å². The van der Waals surface area contributed by atoms with Crippen LogP contribution in [0.2, 0.25) is 0 Å². The molecule has 0 aromatic heterocycles. The molecule has 98 valence electrons. The summed E-state index contributed by atoms with van der Waals surface area (Å²) < 4.78 is 0. The van der Waals surface area contributed by atoms with Crippen LogP contribution in [0.25, 0.3) is 0 Å². The second-order valence-electron chi connectivity index (χ2n) is 4.15. The van der Waals surface area contributed by atoms with Crippen molar-refractivity contribution in [2.24, 2.45) is 0 Å². The number of aliphatic hydroxyl groups excluding tert-OH is 1. The van der Waals surface area contributed by atoms with Gasteiger partial charge >= 0.3 is 0 Å². The van der Waals surface area contributed by atoms with Crippen molar-refractivity contribution in [2.75, 3.05) is 31.6 Å². The van der Waals surface area contributed by atoms with Gasteiger partial charge in [-0.1, -0.05) is 6.07 Å². The Hall–Kier alpha value is -1.57. The van der Waals surface area contributed by atoms with E-state index in [2.05, 4.69) is 23.2 Å². The van der Waals surface area contributed by atoms with Gasteiger partial charge in [-0.15, -0.1) is 0 Å². The Bertz CT molecular complexity index is 412. The van der Waals surface area contributed by atoms with Crippen molar-refractivity contribution < 1.29 is 5.11 Å². The molecule has 0 bridgehead atoms. The smallest absolute Gasteiger partial charge is 0.101 e. The van der Waals surface area contributed by atoms with Crippen LogP contribution < -0.4 is 10.2 Å². The molecule has 4 nitrogen and oxygen atoms in total. The Labute approximate surface area is 109 Å². The van der Waals surface area contributed by atoms with E-state index in [0.717, 1.165) is 37.3 Å². The SMILES string of the molecule is CCN(CCCO)c1ccc(CNC)cc1C#N. The van der Waals surface area contributed by atoms with Gasteiger partial charge in [0.25, 0.3) is 0 Å². The zero-order chi connectivity index (χ0) is 13.4. The summed E-state index contributed by atoms with van der Waals surface area (Å²) in [4.78, 5) is 2.12. The van der Waals surface area contributed by atoms with E-state index in [4.69, 9.17) is 5.11 Å². The minimum absolute atomic E-state index is 0.177. The molecule has 0 amide bonds. The molecule has 0 spiro atoms. The van der Waals surface area contributed by atoms with E-state index < -0.39 is 0 Å². The number of anilines is 1. The van der Waals surface area contributed by atoms with Crippen LogP contribution in [0.5, 0.6) is 0 Å². The number of rotatable bonds is 7.